The molecule has 1 aliphatic carbocycles. The van der Waals surface area contributed by atoms with Crippen LogP contribution in [0.4, 0.5) is 15.8 Å². The van der Waals surface area contributed by atoms with Gasteiger partial charge in [-0.05, 0) is 42.7 Å². The molecule has 5 nitrogen and oxygen atoms in total. The quantitative estimate of drug-likeness (QED) is 0.785. The first-order valence-corrected chi connectivity index (χ1v) is 11.1. The number of hydrogen-bond donors (Lipinski definition) is 1. The number of halogens is 1. The molecule has 4 rings (SSSR count). The number of nitrogens with one attached hydrogen (secondary N) is 1. The van der Waals surface area contributed by atoms with Crippen LogP contribution in [-0.4, -0.2) is 42.9 Å². The number of anilines is 2. The van der Waals surface area contributed by atoms with Crippen molar-refractivity contribution in [2.24, 2.45) is 5.92 Å². The molecule has 1 heterocycles. The van der Waals surface area contributed by atoms with Gasteiger partial charge in [0.25, 0.3) is 0 Å². The Morgan fingerprint density at radius 3 is 2.16 bits per heavy atom. The first-order chi connectivity index (χ1) is 14.9. The van der Waals surface area contributed by atoms with Crippen LogP contribution in [0.25, 0.3) is 0 Å². The molecule has 164 valence electrons. The molecule has 0 aromatic heterocycles. The van der Waals surface area contributed by atoms with E-state index >= 15 is 0 Å². The van der Waals surface area contributed by atoms with E-state index in [1.54, 1.807) is 12.1 Å². The van der Waals surface area contributed by atoms with Gasteiger partial charge in [-0.2, -0.15) is 0 Å². The Morgan fingerprint density at radius 1 is 0.968 bits per heavy atom. The number of amides is 2. The van der Waals surface area contributed by atoms with Crippen molar-refractivity contribution in [1.29, 1.82) is 0 Å². The van der Waals surface area contributed by atoms with E-state index in [-0.39, 0.29) is 23.5 Å². The van der Waals surface area contributed by atoms with Crippen LogP contribution >= 0.6 is 0 Å². The number of hydrogen-bond acceptors (Lipinski definition) is 3. The molecule has 2 aliphatic rings. The van der Waals surface area contributed by atoms with Gasteiger partial charge in [0.2, 0.25) is 11.8 Å². The lowest BCUT2D eigenvalue weighted by atomic mass is 9.63. The summed E-state index contributed by atoms with van der Waals surface area (Å²) >= 11 is 0. The SMILES string of the molecule is CC(C)C(=O)Nc1ccc(C2(C(=O)N3CCN(c4ccccc4F)CC3)CCC2)cc1. The van der Waals surface area contributed by atoms with Crippen molar-refractivity contribution in [1.82, 2.24) is 4.90 Å². The summed E-state index contributed by atoms with van der Waals surface area (Å²) in [4.78, 5) is 29.4. The second-order valence-corrected chi connectivity index (χ2v) is 8.89. The molecule has 2 fully saturated rings. The molecule has 0 unspecified atom stereocenters. The van der Waals surface area contributed by atoms with E-state index in [9.17, 15) is 14.0 Å². The summed E-state index contributed by atoms with van der Waals surface area (Å²) in [5.41, 5.74) is 1.90. The van der Waals surface area contributed by atoms with Gasteiger partial charge in [-0.3, -0.25) is 9.59 Å². The summed E-state index contributed by atoms with van der Waals surface area (Å²) in [5, 5.41) is 2.90. The van der Waals surface area contributed by atoms with E-state index in [0.717, 1.165) is 30.5 Å². The molecular weight excluding hydrogens is 393 g/mol. The Hall–Kier alpha value is -2.89. The lowest BCUT2D eigenvalue weighted by Gasteiger charge is -2.46. The largest absolute Gasteiger partial charge is 0.366 e. The molecule has 2 amide bonds. The Morgan fingerprint density at radius 2 is 1.61 bits per heavy atom. The Kier molecular flexibility index (Phi) is 5.99. The molecule has 1 N–H and O–H groups in total. The second kappa shape index (κ2) is 8.69. The maximum absolute atomic E-state index is 14.1. The molecule has 0 bridgehead atoms. The minimum absolute atomic E-state index is 0.0186. The summed E-state index contributed by atoms with van der Waals surface area (Å²) in [6.07, 6.45) is 2.72. The highest BCUT2D eigenvalue weighted by atomic mass is 19.1. The topological polar surface area (TPSA) is 52.7 Å². The van der Waals surface area contributed by atoms with Crippen LogP contribution in [0.2, 0.25) is 0 Å². The molecule has 31 heavy (non-hydrogen) atoms. The zero-order valence-corrected chi connectivity index (χ0v) is 18.2. The smallest absolute Gasteiger partial charge is 0.233 e. The number of carbonyl (C=O) groups is 2. The van der Waals surface area contributed by atoms with Crippen LogP contribution in [0.15, 0.2) is 48.5 Å². The highest BCUT2D eigenvalue weighted by Crippen LogP contribution is 2.45. The van der Waals surface area contributed by atoms with Crippen LogP contribution in [0.1, 0.15) is 38.7 Å². The fourth-order valence-corrected chi connectivity index (χ4v) is 4.48. The van der Waals surface area contributed by atoms with Crippen molar-refractivity contribution >= 4 is 23.2 Å². The van der Waals surface area contributed by atoms with Gasteiger partial charge >= 0.3 is 0 Å². The zero-order chi connectivity index (χ0) is 22.0. The number of para-hydroxylation sites is 1. The van der Waals surface area contributed by atoms with E-state index in [0.29, 0.717) is 31.9 Å². The van der Waals surface area contributed by atoms with E-state index in [2.05, 4.69) is 5.32 Å². The summed E-state index contributed by atoms with van der Waals surface area (Å²) < 4.78 is 14.1. The maximum Gasteiger partial charge on any atom is 0.233 e. The van der Waals surface area contributed by atoms with Gasteiger partial charge in [0.05, 0.1) is 11.1 Å². The van der Waals surface area contributed by atoms with Crippen LogP contribution in [0.5, 0.6) is 0 Å². The molecule has 2 aromatic rings. The summed E-state index contributed by atoms with van der Waals surface area (Å²) in [7, 11) is 0. The molecule has 6 heteroatoms. The van der Waals surface area contributed by atoms with Crippen LogP contribution in [0.3, 0.4) is 0 Å². The van der Waals surface area contributed by atoms with Crippen molar-refractivity contribution in [3.63, 3.8) is 0 Å². The molecule has 2 aromatic carbocycles. The minimum atomic E-state index is -0.471. The van der Waals surface area contributed by atoms with Crippen molar-refractivity contribution < 1.29 is 14.0 Å². The van der Waals surface area contributed by atoms with Gasteiger partial charge in [-0.25, -0.2) is 4.39 Å². The molecule has 0 radical (unpaired) electrons. The molecule has 1 saturated carbocycles. The molecule has 0 spiro atoms. The summed E-state index contributed by atoms with van der Waals surface area (Å²) in [5.74, 6) is -0.148. The Balaban J connectivity index is 1.44. The second-order valence-electron chi connectivity index (χ2n) is 8.89. The van der Waals surface area contributed by atoms with Crippen molar-refractivity contribution in [3.8, 4) is 0 Å². The van der Waals surface area contributed by atoms with Gasteiger partial charge in [0, 0.05) is 37.8 Å². The van der Waals surface area contributed by atoms with Crippen molar-refractivity contribution in [2.45, 2.75) is 38.5 Å². The lowest BCUT2D eigenvalue weighted by molar-refractivity contribution is -0.141. The predicted molar refractivity (Wildman–Crippen MR) is 121 cm³/mol. The third-order valence-electron chi connectivity index (χ3n) is 6.61. The summed E-state index contributed by atoms with van der Waals surface area (Å²) in [6.45, 7) is 6.16. The van der Waals surface area contributed by atoms with Crippen molar-refractivity contribution in [2.75, 3.05) is 36.4 Å². The van der Waals surface area contributed by atoms with E-state index in [4.69, 9.17) is 0 Å². The maximum atomic E-state index is 14.1. The Labute approximate surface area is 183 Å². The number of nitrogens with zero attached hydrogens (tertiary/aromatic N) is 2. The van der Waals surface area contributed by atoms with Gasteiger partial charge in [-0.1, -0.05) is 44.5 Å². The van der Waals surface area contributed by atoms with E-state index < -0.39 is 5.41 Å². The van der Waals surface area contributed by atoms with Gasteiger partial charge in [-0.15, -0.1) is 0 Å². The fraction of sp³-hybridized carbons (Fsp3) is 0.440. The van der Waals surface area contributed by atoms with Crippen molar-refractivity contribution in [3.05, 3.63) is 59.9 Å². The van der Waals surface area contributed by atoms with Crippen LogP contribution in [0, 0.1) is 11.7 Å². The van der Waals surface area contributed by atoms with E-state index in [1.807, 2.05) is 54.0 Å². The first-order valence-electron chi connectivity index (χ1n) is 11.1. The predicted octanol–water partition coefficient (Wildman–Crippen LogP) is 4.19. The number of piperazine rings is 1. The summed E-state index contributed by atoms with van der Waals surface area (Å²) in [6, 6.07) is 14.5. The monoisotopic (exact) mass is 423 g/mol. The average molecular weight is 424 g/mol. The van der Waals surface area contributed by atoms with Gasteiger partial charge in [0.1, 0.15) is 5.82 Å². The highest BCUT2D eigenvalue weighted by molar-refractivity contribution is 5.93. The van der Waals surface area contributed by atoms with Gasteiger partial charge in [0.15, 0.2) is 0 Å². The van der Waals surface area contributed by atoms with Gasteiger partial charge < -0.3 is 15.1 Å². The lowest BCUT2D eigenvalue weighted by Crippen LogP contribution is -2.56. The molecule has 1 saturated heterocycles. The standard InChI is InChI=1S/C25H30FN3O2/c1-18(2)23(30)27-20-10-8-19(9-11-20)25(12-5-13-25)24(31)29-16-14-28(15-17-29)22-7-4-3-6-21(22)26/h3-4,6-11,18H,5,12-17H2,1-2H3,(H,27,30). The zero-order valence-electron chi connectivity index (χ0n) is 18.2. The normalized spacial score (nSPS) is 17.9. The highest BCUT2D eigenvalue weighted by Gasteiger charge is 2.48. The van der Waals surface area contributed by atoms with Crippen LogP contribution < -0.4 is 10.2 Å². The third-order valence-corrected chi connectivity index (χ3v) is 6.61. The average Bonchev–Trinajstić information content (AvgIpc) is 2.74. The molecule has 1 aliphatic heterocycles. The number of carbonyl (C=O) groups excluding carboxylic acids is 2. The number of benzene rings is 2. The third kappa shape index (κ3) is 4.16. The fourth-order valence-electron chi connectivity index (χ4n) is 4.48. The van der Waals surface area contributed by atoms with Crippen LogP contribution in [-0.2, 0) is 15.0 Å². The number of rotatable bonds is 5. The first kappa shape index (κ1) is 21.3. The molecule has 0 atom stereocenters. The Bertz CT molecular complexity index is 945. The van der Waals surface area contributed by atoms with E-state index in [1.165, 1.54) is 6.07 Å². The molecular formula is C25H30FN3O2. The minimum Gasteiger partial charge on any atom is -0.366 e.